The number of imide groups is 1. The molecule has 146 valence electrons. The first-order chi connectivity index (χ1) is 13.4. The zero-order valence-corrected chi connectivity index (χ0v) is 15.9. The largest absolute Gasteiger partial charge is 0.355 e. The molecule has 1 heterocycles. The van der Waals surface area contributed by atoms with Gasteiger partial charge in [-0.15, -0.1) is 0 Å². The highest BCUT2D eigenvalue weighted by Gasteiger charge is 2.59. The summed E-state index contributed by atoms with van der Waals surface area (Å²) in [5.41, 5.74) is 1.41. The van der Waals surface area contributed by atoms with Crippen LogP contribution in [-0.2, 0) is 20.9 Å². The van der Waals surface area contributed by atoms with Crippen molar-refractivity contribution in [3.8, 4) is 0 Å². The summed E-state index contributed by atoms with van der Waals surface area (Å²) in [6, 6.07) is 6.97. The van der Waals surface area contributed by atoms with E-state index < -0.39 is 0 Å². The maximum Gasteiger partial charge on any atom is 0.251 e. The maximum absolute atomic E-state index is 12.7. The Morgan fingerprint density at radius 2 is 1.64 bits per heavy atom. The van der Waals surface area contributed by atoms with Gasteiger partial charge >= 0.3 is 0 Å². The Balaban J connectivity index is 1.38. The van der Waals surface area contributed by atoms with Crippen molar-refractivity contribution < 1.29 is 19.2 Å². The molecule has 4 rings (SSSR count). The molecule has 0 spiro atoms. The number of nitrogens with zero attached hydrogens (tertiary/aromatic N) is 2. The van der Waals surface area contributed by atoms with Crippen molar-refractivity contribution in [2.75, 3.05) is 20.6 Å². The van der Waals surface area contributed by atoms with Gasteiger partial charge in [0.05, 0.1) is 11.8 Å². The van der Waals surface area contributed by atoms with Crippen LogP contribution in [0.5, 0.6) is 0 Å². The first-order valence-corrected chi connectivity index (χ1v) is 9.49. The highest BCUT2D eigenvalue weighted by atomic mass is 16.2. The van der Waals surface area contributed by atoms with Gasteiger partial charge < -0.3 is 10.2 Å². The minimum absolute atomic E-state index is 0.142. The van der Waals surface area contributed by atoms with Crippen LogP contribution in [0, 0.1) is 23.7 Å². The summed E-state index contributed by atoms with van der Waals surface area (Å²) >= 11 is 0. The van der Waals surface area contributed by atoms with Crippen molar-refractivity contribution >= 4 is 23.6 Å². The SMILES string of the molecule is CNC(=O)c1ccc(CN(C)C(=O)CN2C(=O)C3C4C=CC(C4)C3C2=O)cc1. The molecule has 3 aliphatic rings. The van der Waals surface area contributed by atoms with Crippen LogP contribution in [0.3, 0.4) is 0 Å². The van der Waals surface area contributed by atoms with Gasteiger partial charge in [0.1, 0.15) is 6.54 Å². The predicted molar refractivity (Wildman–Crippen MR) is 101 cm³/mol. The van der Waals surface area contributed by atoms with E-state index in [9.17, 15) is 19.2 Å². The smallest absolute Gasteiger partial charge is 0.251 e. The van der Waals surface area contributed by atoms with E-state index in [-0.39, 0.29) is 53.8 Å². The Kier molecular flexibility index (Phi) is 4.53. The van der Waals surface area contributed by atoms with E-state index >= 15 is 0 Å². The number of likely N-dealkylation sites (N-methyl/N-ethyl adjacent to an activating group) is 1. The molecule has 1 aromatic rings. The molecule has 2 aliphatic carbocycles. The zero-order valence-electron chi connectivity index (χ0n) is 15.9. The van der Waals surface area contributed by atoms with Crippen LogP contribution < -0.4 is 5.32 Å². The number of carbonyl (C=O) groups is 4. The molecule has 1 saturated heterocycles. The van der Waals surface area contributed by atoms with Gasteiger partial charge in [-0.2, -0.15) is 0 Å². The van der Waals surface area contributed by atoms with Gasteiger partial charge in [-0.05, 0) is 36.0 Å². The van der Waals surface area contributed by atoms with E-state index in [1.54, 1.807) is 38.4 Å². The summed E-state index contributed by atoms with van der Waals surface area (Å²) in [6.45, 7) is 0.125. The predicted octanol–water partition coefficient (Wildman–Crippen LogP) is 0.812. The standard InChI is InChI=1S/C21H23N3O4/c1-22-19(26)13-5-3-12(4-6-13)10-23(2)16(25)11-24-20(27)17-14-7-8-15(9-14)18(17)21(24)28/h3-8,14-15,17-18H,9-11H2,1-2H3,(H,22,26). The third-order valence-corrected chi connectivity index (χ3v) is 6.14. The second-order valence-corrected chi connectivity index (χ2v) is 7.79. The van der Waals surface area contributed by atoms with Gasteiger partial charge in [0.2, 0.25) is 17.7 Å². The summed E-state index contributed by atoms with van der Waals surface area (Å²) in [5.74, 6) is -1.14. The third kappa shape index (κ3) is 2.91. The van der Waals surface area contributed by atoms with Crippen LogP contribution in [-0.4, -0.2) is 54.1 Å². The fraction of sp³-hybridized carbons (Fsp3) is 0.429. The van der Waals surface area contributed by atoms with E-state index in [1.807, 2.05) is 12.2 Å². The molecule has 2 fully saturated rings. The lowest BCUT2D eigenvalue weighted by molar-refractivity contribution is -0.146. The van der Waals surface area contributed by atoms with Crippen molar-refractivity contribution in [2.45, 2.75) is 13.0 Å². The van der Waals surface area contributed by atoms with Crippen molar-refractivity contribution in [3.05, 3.63) is 47.5 Å². The van der Waals surface area contributed by atoms with E-state index in [1.165, 1.54) is 4.90 Å². The lowest BCUT2D eigenvalue weighted by atomic mass is 9.85. The number of benzene rings is 1. The van der Waals surface area contributed by atoms with Gasteiger partial charge in [-0.25, -0.2) is 0 Å². The maximum atomic E-state index is 12.7. The molecule has 0 aromatic heterocycles. The van der Waals surface area contributed by atoms with Gasteiger partial charge in [0.25, 0.3) is 5.91 Å². The molecular weight excluding hydrogens is 358 g/mol. The molecular formula is C21H23N3O4. The molecule has 0 radical (unpaired) electrons. The van der Waals surface area contributed by atoms with Gasteiger partial charge in [0.15, 0.2) is 0 Å². The third-order valence-electron chi connectivity index (χ3n) is 6.14. The lowest BCUT2D eigenvalue weighted by Gasteiger charge is -2.22. The van der Waals surface area contributed by atoms with Crippen LogP contribution in [0.2, 0.25) is 0 Å². The van der Waals surface area contributed by atoms with Gasteiger partial charge in [-0.3, -0.25) is 24.1 Å². The number of carbonyl (C=O) groups excluding carboxylic acids is 4. The molecule has 1 N–H and O–H groups in total. The average Bonchev–Trinajstić information content (AvgIpc) is 3.38. The number of hydrogen-bond donors (Lipinski definition) is 1. The number of rotatable bonds is 5. The van der Waals surface area contributed by atoms with Crippen molar-refractivity contribution in [2.24, 2.45) is 23.7 Å². The molecule has 4 amide bonds. The average molecular weight is 381 g/mol. The van der Waals surface area contributed by atoms with E-state index in [0.717, 1.165) is 16.9 Å². The number of hydrogen-bond acceptors (Lipinski definition) is 4. The number of fused-ring (bicyclic) bond motifs is 5. The molecule has 1 saturated carbocycles. The quantitative estimate of drug-likeness (QED) is 0.604. The molecule has 2 bridgehead atoms. The first kappa shape index (κ1) is 18.4. The molecule has 1 aromatic carbocycles. The second-order valence-electron chi connectivity index (χ2n) is 7.79. The Morgan fingerprint density at radius 1 is 1.07 bits per heavy atom. The van der Waals surface area contributed by atoms with E-state index in [2.05, 4.69) is 5.32 Å². The number of nitrogens with one attached hydrogen (secondary N) is 1. The summed E-state index contributed by atoms with van der Waals surface area (Å²) in [4.78, 5) is 52.2. The highest BCUT2D eigenvalue weighted by molar-refractivity contribution is 6.08. The summed E-state index contributed by atoms with van der Waals surface area (Å²) in [7, 11) is 3.21. The highest BCUT2D eigenvalue weighted by Crippen LogP contribution is 2.52. The Labute approximate surface area is 163 Å². The molecule has 4 atom stereocenters. The Hall–Kier alpha value is -2.96. The normalized spacial score (nSPS) is 27.3. The Bertz CT molecular complexity index is 846. The number of allylic oxidation sites excluding steroid dienone is 2. The lowest BCUT2D eigenvalue weighted by Crippen LogP contribution is -2.42. The van der Waals surface area contributed by atoms with Gasteiger partial charge in [0, 0.05) is 26.2 Å². The van der Waals surface area contributed by atoms with Crippen LogP contribution in [0.15, 0.2) is 36.4 Å². The molecule has 7 heteroatoms. The fourth-order valence-electron chi connectivity index (χ4n) is 4.64. The number of likely N-dealkylation sites (tertiary alicyclic amines) is 1. The van der Waals surface area contributed by atoms with Crippen LogP contribution in [0.4, 0.5) is 0 Å². The van der Waals surface area contributed by atoms with Crippen LogP contribution in [0.1, 0.15) is 22.3 Å². The number of amides is 4. The monoisotopic (exact) mass is 381 g/mol. The first-order valence-electron chi connectivity index (χ1n) is 9.49. The van der Waals surface area contributed by atoms with E-state index in [0.29, 0.717) is 12.1 Å². The second kappa shape index (κ2) is 6.89. The molecule has 4 unspecified atom stereocenters. The van der Waals surface area contributed by atoms with Crippen molar-refractivity contribution in [3.63, 3.8) is 0 Å². The summed E-state index contributed by atoms with van der Waals surface area (Å²) in [6.07, 6.45) is 4.95. The van der Waals surface area contributed by atoms with Crippen LogP contribution in [0.25, 0.3) is 0 Å². The molecule has 7 nitrogen and oxygen atoms in total. The molecule has 28 heavy (non-hydrogen) atoms. The summed E-state index contributed by atoms with van der Waals surface area (Å²) < 4.78 is 0. The van der Waals surface area contributed by atoms with E-state index in [4.69, 9.17) is 0 Å². The van der Waals surface area contributed by atoms with Crippen LogP contribution >= 0.6 is 0 Å². The minimum Gasteiger partial charge on any atom is -0.355 e. The minimum atomic E-state index is -0.280. The topological polar surface area (TPSA) is 86.8 Å². The van der Waals surface area contributed by atoms with Gasteiger partial charge in [-0.1, -0.05) is 24.3 Å². The summed E-state index contributed by atoms with van der Waals surface area (Å²) in [5, 5.41) is 2.56. The fourth-order valence-corrected chi connectivity index (χ4v) is 4.64. The Morgan fingerprint density at radius 3 is 2.18 bits per heavy atom. The van der Waals surface area contributed by atoms with Crippen molar-refractivity contribution in [1.82, 2.24) is 15.1 Å². The van der Waals surface area contributed by atoms with Crippen molar-refractivity contribution in [1.29, 1.82) is 0 Å². The zero-order chi connectivity index (χ0) is 20.0. The molecule has 1 aliphatic heterocycles.